The minimum Gasteiger partial charge on any atom is -0.497 e. The van der Waals surface area contributed by atoms with E-state index in [0.29, 0.717) is 19.4 Å². The Balaban J connectivity index is 1.41. The zero-order valence-electron chi connectivity index (χ0n) is 23.1. The summed E-state index contributed by atoms with van der Waals surface area (Å²) in [5.41, 5.74) is 1.53. The quantitative estimate of drug-likeness (QED) is 0.456. The lowest BCUT2D eigenvalue weighted by molar-refractivity contribution is -0.118. The van der Waals surface area contributed by atoms with Crippen LogP contribution < -0.4 is 30.6 Å². The van der Waals surface area contributed by atoms with Gasteiger partial charge in [-0.05, 0) is 61.6 Å². The second-order valence-corrected chi connectivity index (χ2v) is 10.2. The first-order valence-electron chi connectivity index (χ1n) is 13.5. The topological polar surface area (TPSA) is 102 Å². The highest BCUT2D eigenvalue weighted by Crippen LogP contribution is 2.36. The Labute approximate surface area is 236 Å². The zero-order valence-corrected chi connectivity index (χ0v) is 23.1. The minimum absolute atomic E-state index is 0.0173. The second-order valence-electron chi connectivity index (χ2n) is 10.2. The van der Waals surface area contributed by atoms with Gasteiger partial charge in [-0.3, -0.25) is 9.59 Å². The summed E-state index contributed by atoms with van der Waals surface area (Å²) in [6, 6.07) is 8.83. The first-order chi connectivity index (χ1) is 19.7. The molecule has 9 nitrogen and oxygen atoms in total. The van der Waals surface area contributed by atoms with Crippen LogP contribution in [0.2, 0.25) is 0 Å². The number of aryl methyl sites for hydroxylation is 2. The molecular formula is C30H32F2N4O5. The Morgan fingerprint density at radius 1 is 1.00 bits per heavy atom. The van der Waals surface area contributed by atoms with Crippen molar-refractivity contribution in [3.63, 3.8) is 0 Å². The van der Waals surface area contributed by atoms with Crippen LogP contribution in [0, 0.1) is 11.6 Å². The normalized spacial score (nSPS) is 20.0. The molecule has 0 bridgehead atoms. The number of pyridine rings is 1. The summed E-state index contributed by atoms with van der Waals surface area (Å²) >= 11 is 0. The first-order valence-corrected chi connectivity index (χ1v) is 13.5. The summed E-state index contributed by atoms with van der Waals surface area (Å²) < 4.78 is 42.2. The summed E-state index contributed by atoms with van der Waals surface area (Å²) in [6.07, 6.45) is 3.58. The molecular weight excluding hydrogens is 534 g/mol. The molecule has 2 heterocycles. The molecule has 1 saturated heterocycles. The van der Waals surface area contributed by atoms with Crippen molar-refractivity contribution in [1.29, 1.82) is 0 Å². The minimum atomic E-state index is -1.32. The lowest BCUT2D eigenvalue weighted by atomic mass is 9.88. The van der Waals surface area contributed by atoms with Crippen LogP contribution in [0.15, 0.2) is 53.5 Å². The van der Waals surface area contributed by atoms with Crippen molar-refractivity contribution in [3.8, 4) is 11.5 Å². The molecule has 1 aliphatic carbocycles. The van der Waals surface area contributed by atoms with Crippen LogP contribution in [0.5, 0.6) is 11.5 Å². The summed E-state index contributed by atoms with van der Waals surface area (Å²) in [7, 11) is 2.90. The van der Waals surface area contributed by atoms with Crippen LogP contribution >= 0.6 is 0 Å². The molecule has 216 valence electrons. The number of nitrogens with one attached hydrogen (secondary N) is 2. The molecule has 1 aliphatic heterocycles. The highest BCUT2D eigenvalue weighted by Gasteiger charge is 2.46. The van der Waals surface area contributed by atoms with Crippen molar-refractivity contribution in [3.05, 3.63) is 87.3 Å². The van der Waals surface area contributed by atoms with Gasteiger partial charge in [0.1, 0.15) is 34.9 Å². The van der Waals surface area contributed by atoms with E-state index in [2.05, 4.69) is 10.6 Å². The number of halogens is 2. The lowest BCUT2D eigenvalue weighted by Crippen LogP contribution is -2.51. The molecule has 5 rings (SSSR count). The van der Waals surface area contributed by atoms with E-state index in [4.69, 9.17) is 9.47 Å². The van der Waals surface area contributed by atoms with E-state index in [1.807, 2.05) is 18.2 Å². The summed E-state index contributed by atoms with van der Waals surface area (Å²) in [5.74, 6) is -2.80. The molecule has 41 heavy (non-hydrogen) atoms. The lowest BCUT2D eigenvalue weighted by Gasteiger charge is -2.27. The predicted octanol–water partition coefficient (Wildman–Crippen LogP) is 3.52. The number of hydrogen-bond acceptors (Lipinski definition) is 5. The predicted molar refractivity (Wildman–Crippen MR) is 149 cm³/mol. The monoisotopic (exact) mass is 566 g/mol. The average Bonchev–Trinajstić information content (AvgIpc) is 3.27. The molecule has 2 unspecified atom stereocenters. The van der Waals surface area contributed by atoms with Gasteiger partial charge in [0.15, 0.2) is 0 Å². The molecule has 0 saturated carbocycles. The third-order valence-corrected chi connectivity index (χ3v) is 7.87. The van der Waals surface area contributed by atoms with Gasteiger partial charge in [-0.15, -0.1) is 0 Å². The number of amides is 3. The standard InChI is InChI=1S/C30H32F2N4O5/c1-4-35-11-5-6-25(28(35)37)36-16-22(26-23(31)14-21(41-3)15-24(26)32)27(29(36)38)34-30(39)33-19-9-7-18-13-20(40-2)10-8-17(18)12-19/h5-6,8,10-11,13-15,19,22,27H,4,7,9,12,16H2,1-3H3,(H2,33,34,39)/t19?,22-,27?/m0/s1. The number of carbonyl (C=O) groups excluding carboxylic acids is 2. The Hall–Kier alpha value is -4.41. The molecule has 2 N–H and O–H groups in total. The number of methoxy groups -OCH3 is 2. The van der Waals surface area contributed by atoms with Crippen molar-refractivity contribution in [2.45, 2.75) is 50.7 Å². The van der Waals surface area contributed by atoms with Gasteiger partial charge in [0, 0.05) is 48.9 Å². The van der Waals surface area contributed by atoms with E-state index >= 15 is 8.78 Å². The molecule has 3 atom stereocenters. The maximum Gasteiger partial charge on any atom is 0.315 e. The molecule has 2 aromatic carbocycles. The number of fused-ring (bicyclic) bond motifs is 1. The van der Waals surface area contributed by atoms with E-state index in [0.717, 1.165) is 35.4 Å². The van der Waals surface area contributed by atoms with Gasteiger partial charge in [-0.2, -0.15) is 0 Å². The number of ether oxygens (including phenoxy) is 2. The number of hydrogen-bond donors (Lipinski definition) is 2. The molecule has 3 amide bonds. The van der Waals surface area contributed by atoms with E-state index < -0.39 is 41.1 Å². The molecule has 11 heteroatoms. The number of rotatable bonds is 7. The summed E-state index contributed by atoms with van der Waals surface area (Å²) in [5, 5.41) is 5.58. The highest BCUT2D eigenvalue weighted by atomic mass is 19.1. The fourth-order valence-corrected chi connectivity index (χ4v) is 5.73. The Morgan fingerprint density at radius 2 is 1.73 bits per heavy atom. The zero-order chi connectivity index (χ0) is 29.3. The van der Waals surface area contributed by atoms with Crippen molar-refractivity contribution in [2.75, 3.05) is 25.7 Å². The number of anilines is 1. The molecule has 0 radical (unpaired) electrons. The Bertz CT molecular complexity index is 1520. The van der Waals surface area contributed by atoms with E-state index in [1.165, 1.54) is 22.6 Å². The first kappa shape index (κ1) is 28.1. The van der Waals surface area contributed by atoms with Gasteiger partial charge in [-0.25, -0.2) is 13.6 Å². The van der Waals surface area contributed by atoms with Crippen LogP contribution in [0.3, 0.4) is 0 Å². The fourth-order valence-electron chi connectivity index (χ4n) is 5.73. The van der Waals surface area contributed by atoms with Gasteiger partial charge >= 0.3 is 6.03 Å². The summed E-state index contributed by atoms with van der Waals surface area (Å²) in [6.45, 7) is 1.96. The fraction of sp³-hybridized carbons (Fsp3) is 0.367. The van der Waals surface area contributed by atoms with E-state index in [-0.39, 0.29) is 29.6 Å². The van der Waals surface area contributed by atoms with Gasteiger partial charge in [0.05, 0.1) is 14.2 Å². The van der Waals surface area contributed by atoms with Crippen molar-refractivity contribution >= 4 is 17.6 Å². The number of carbonyl (C=O) groups is 2. The Kier molecular flexibility index (Phi) is 7.96. The third-order valence-electron chi connectivity index (χ3n) is 7.87. The van der Waals surface area contributed by atoms with Crippen molar-refractivity contribution in [2.24, 2.45) is 0 Å². The third kappa shape index (κ3) is 5.48. The molecule has 1 aromatic heterocycles. The maximum atomic E-state index is 15.2. The molecule has 0 spiro atoms. The molecule has 3 aromatic rings. The Morgan fingerprint density at radius 3 is 2.41 bits per heavy atom. The maximum absolute atomic E-state index is 15.2. The average molecular weight is 567 g/mol. The van der Waals surface area contributed by atoms with Gasteiger partial charge in [0.25, 0.3) is 11.5 Å². The van der Waals surface area contributed by atoms with Crippen LogP contribution in [-0.2, 0) is 24.2 Å². The molecule has 1 fully saturated rings. The number of aromatic nitrogens is 1. The highest BCUT2D eigenvalue weighted by molar-refractivity contribution is 6.02. The van der Waals surface area contributed by atoms with Gasteiger partial charge in [0.2, 0.25) is 0 Å². The van der Waals surface area contributed by atoms with Crippen LogP contribution in [0.1, 0.15) is 36.0 Å². The number of benzene rings is 2. The van der Waals surface area contributed by atoms with Crippen molar-refractivity contribution < 1.29 is 27.8 Å². The largest absolute Gasteiger partial charge is 0.497 e. The SMILES string of the molecule is CCn1cccc(N2C[C@@H](c3c(F)cc(OC)cc3F)C(NC(=O)NC3CCc4cc(OC)ccc4C3)C2=O)c1=O. The van der Waals surface area contributed by atoms with Gasteiger partial charge in [-0.1, -0.05) is 6.07 Å². The smallest absolute Gasteiger partial charge is 0.315 e. The number of nitrogens with zero attached hydrogens (tertiary/aromatic N) is 2. The van der Waals surface area contributed by atoms with Crippen molar-refractivity contribution in [1.82, 2.24) is 15.2 Å². The van der Waals surface area contributed by atoms with Crippen LogP contribution in [-0.4, -0.2) is 49.4 Å². The summed E-state index contributed by atoms with van der Waals surface area (Å²) in [4.78, 5) is 41.1. The van der Waals surface area contributed by atoms with E-state index in [9.17, 15) is 14.4 Å². The van der Waals surface area contributed by atoms with E-state index in [1.54, 1.807) is 26.3 Å². The van der Waals surface area contributed by atoms with Gasteiger partial charge < -0.3 is 29.6 Å². The van der Waals surface area contributed by atoms with Crippen LogP contribution in [0.4, 0.5) is 19.3 Å². The second kappa shape index (κ2) is 11.6. The number of urea groups is 1. The van der Waals surface area contributed by atoms with Crippen LogP contribution in [0.25, 0.3) is 0 Å². The molecule has 2 aliphatic rings.